The van der Waals surface area contributed by atoms with E-state index in [4.69, 9.17) is 5.73 Å². The van der Waals surface area contributed by atoms with E-state index >= 15 is 0 Å². The standard InChI is InChI=1S/C34H43N5O8S/c1-36(2)22-15-20(23-6-5-18(48-23)16-39-9-7-38(8-10-39)11-12-40)28(41)25-19(22)13-17-14-21-27(37(3)4)30(43)26(33(35)46)32(45)34(21,47)31(44)24(17)29(25)42/h5-6,15,17,21,27,40-41,43-44,47H,7-14,16H2,1-4H3,(H2,35,46)/t17-,21-,27-,34-/m0/s1. The molecule has 2 aromatic rings. The number of likely N-dealkylation sites (N-methyl/N-ethyl adjacent to an activating group) is 1. The molecule has 258 valence electrons. The van der Waals surface area contributed by atoms with Crippen molar-refractivity contribution >= 4 is 34.5 Å². The Bertz CT molecular complexity index is 1740. The third-order valence-electron chi connectivity index (χ3n) is 10.4. The summed E-state index contributed by atoms with van der Waals surface area (Å²) >= 11 is 1.51. The molecule has 6 rings (SSSR count). The highest BCUT2D eigenvalue weighted by Gasteiger charge is 2.63. The third kappa shape index (κ3) is 5.31. The summed E-state index contributed by atoms with van der Waals surface area (Å²) in [4.78, 5) is 50.1. The van der Waals surface area contributed by atoms with E-state index in [-0.39, 0.29) is 36.3 Å². The summed E-state index contributed by atoms with van der Waals surface area (Å²) in [6, 6.07) is 4.73. The Morgan fingerprint density at radius 3 is 2.33 bits per heavy atom. The number of amides is 1. The Kier molecular flexibility index (Phi) is 8.94. The summed E-state index contributed by atoms with van der Waals surface area (Å²) in [5, 5.41) is 55.6. The molecule has 3 aliphatic carbocycles. The molecular formula is C34H43N5O8S. The van der Waals surface area contributed by atoms with Gasteiger partial charge in [0.15, 0.2) is 11.4 Å². The van der Waals surface area contributed by atoms with Crippen LogP contribution in [-0.4, -0.2) is 137 Å². The molecule has 7 N–H and O–H groups in total. The lowest BCUT2D eigenvalue weighted by molar-refractivity contribution is -0.148. The van der Waals surface area contributed by atoms with E-state index in [9.17, 15) is 39.9 Å². The molecule has 0 radical (unpaired) electrons. The van der Waals surface area contributed by atoms with E-state index in [1.54, 1.807) is 14.1 Å². The fourth-order valence-corrected chi connectivity index (χ4v) is 9.09. The van der Waals surface area contributed by atoms with Gasteiger partial charge in [-0.1, -0.05) is 0 Å². The fourth-order valence-electron chi connectivity index (χ4n) is 8.03. The van der Waals surface area contributed by atoms with Crippen molar-refractivity contribution in [3.63, 3.8) is 0 Å². The minimum atomic E-state index is -2.69. The normalized spacial score (nSPS) is 26.5. The first-order chi connectivity index (χ1) is 22.7. The minimum absolute atomic E-state index is 0.00747. The summed E-state index contributed by atoms with van der Waals surface area (Å²) in [6.45, 7) is 5.03. The number of primary amides is 1. The Hall–Kier alpha value is -3.79. The second-order valence-electron chi connectivity index (χ2n) is 13.6. The van der Waals surface area contributed by atoms with Gasteiger partial charge in [0.25, 0.3) is 5.91 Å². The van der Waals surface area contributed by atoms with Crippen LogP contribution in [0.3, 0.4) is 0 Å². The number of rotatable bonds is 8. The molecule has 0 unspecified atom stereocenters. The minimum Gasteiger partial charge on any atom is -0.510 e. The number of hydrogen-bond acceptors (Lipinski definition) is 13. The van der Waals surface area contributed by atoms with Gasteiger partial charge in [0.05, 0.1) is 18.2 Å². The predicted molar refractivity (Wildman–Crippen MR) is 180 cm³/mol. The van der Waals surface area contributed by atoms with Crippen molar-refractivity contribution < 1.29 is 39.9 Å². The molecule has 14 heteroatoms. The van der Waals surface area contributed by atoms with Crippen molar-refractivity contribution in [1.29, 1.82) is 0 Å². The van der Waals surface area contributed by atoms with Gasteiger partial charge in [-0.15, -0.1) is 11.3 Å². The van der Waals surface area contributed by atoms with Crippen LogP contribution in [0.5, 0.6) is 5.75 Å². The highest BCUT2D eigenvalue weighted by atomic mass is 32.1. The lowest BCUT2D eigenvalue weighted by Crippen LogP contribution is -2.63. The highest BCUT2D eigenvalue weighted by Crippen LogP contribution is 2.54. The van der Waals surface area contributed by atoms with Gasteiger partial charge >= 0.3 is 0 Å². The van der Waals surface area contributed by atoms with Crippen LogP contribution in [0.25, 0.3) is 10.4 Å². The Morgan fingerprint density at radius 2 is 1.73 bits per heavy atom. The van der Waals surface area contributed by atoms with E-state index < -0.39 is 58.0 Å². The van der Waals surface area contributed by atoms with Crippen molar-refractivity contribution in [1.82, 2.24) is 14.7 Å². The summed E-state index contributed by atoms with van der Waals surface area (Å²) < 4.78 is 0. The lowest BCUT2D eigenvalue weighted by Gasteiger charge is -2.50. The average Bonchev–Trinajstić information content (AvgIpc) is 3.47. The van der Waals surface area contributed by atoms with Crippen LogP contribution in [-0.2, 0) is 22.6 Å². The highest BCUT2D eigenvalue weighted by molar-refractivity contribution is 7.15. The monoisotopic (exact) mass is 681 g/mol. The number of fused-ring (bicyclic) bond motifs is 3. The molecular weight excluding hydrogens is 638 g/mol. The quantitative estimate of drug-likeness (QED) is 0.217. The van der Waals surface area contributed by atoms with Crippen LogP contribution >= 0.6 is 11.3 Å². The van der Waals surface area contributed by atoms with Crippen LogP contribution in [0, 0.1) is 11.8 Å². The van der Waals surface area contributed by atoms with Crippen molar-refractivity contribution in [3.8, 4) is 16.2 Å². The molecule has 1 saturated heterocycles. The molecule has 4 aliphatic rings. The summed E-state index contributed by atoms with van der Waals surface area (Å²) in [5.74, 6) is -6.68. The molecule has 1 aromatic carbocycles. The number of aromatic hydroxyl groups is 1. The summed E-state index contributed by atoms with van der Waals surface area (Å²) in [5.41, 5.74) is 3.48. The first-order valence-electron chi connectivity index (χ1n) is 16.1. The Labute approximate surface area is 282 Å². The number of nitrogens with two attached hydrogens (primary N) is 1. The number of allylic oxidation sites excluding steroid dienone is 1. The molecule has 13 nitrogen and oxygen atoms in total. The van der Waals surface area contributed by atoms with Gasteiger partial charge in [-0.2, -0.15) is 0 Å². The number of ketones is 2. The van der Waals surface area contributed by atoms with Crippen LogP contribution in [0.15, 0.2) is 40.9 Å². The average molecular weight is 682 g/mol. The molecule has 0 saturated carbocycles. The molecule has 1 aromatic heterocycles. The lowest BCUT2D eigenvalue weighted by atomic mass is 9.58. The van der Waals surface area contributed by atoms with Gasteiger partial charge in [0.2, 0.25) is 5.78 Å². The number of aliphatic hydroxyl groups excluding tert-OH is 3. The zero-order valence-electron chi connectivity index (χ0n) is 27.6. The molecule has 0 spiro atoms. The van der Waals surface area contributed by atoms with E-state index in [0.29, 0.717) is 23.4 Å². The van der Waals surface area contributed by atoms with Crippen molar-refractivity contribution in [3.05, 3.63) is 56.9 Å². The number of phenols is 1. The molecule has 2 heterocycles. The third-order valence-corrected chi connectivity index (χ3v) is 11.5. The zero-order chi connectivity index (χ0) is 34.8. The van der Waals surface area contributed by atoms with Gasteiger partial charge in [0, 0.05) is 85.9 Å². The number of aliphatic hydroxyl groups is 4. The predicted octanol–water partition coefficient (Wildman–Crippen LogP) is 1.03. The number of nitrogens with zero attached hydrogens (tertiary/aromatic N) is 4. The maximum Gasteiger partial charge on any atom is 0.255 e. The number of carbonyl (C=O) groups excluding carboxylic acids is 3. The first-order valence-corrected chi connectivity index (χ1v) is 16.9. The molecule has 1 amide bonds. The Morgan fingerprint density at radius 1 is 1.06 bits per heavy atom. The fraction of sp³-hybridized carbons (Fsp3) is 0.500. The van der Waals surface area contributed by atoms with Crippen molar-refractivity contribution in [2.45, 2.75) is 31.0 Å². The van der Waals surface area contributed by atoms with Crippen LogP contribution in [0.4, 0.5) is 5.69 Å². The zero-order valence-corrected chi connectivity index (χ0v) is 28.4. The SMILES string of the molecule is CN(C)c1cc(-c2ccc(CN3CCN(CCO)CC3)s2)c(O)c2c1C[C@H]1C[C@H]3[C@H](N(C)C)C(O)=C(C(N)=O)C(=O)[C@@]3(O)C(O)=C1C2=O. The summed E-state index contributed by atoms with van der Waals surface area (Å²) in [6.07, 6.45) is 0.248. The van der Waals surface area contributed by atoms with Gasteiger partial charge in [-0.3, -0.25) is 29.1 Å². The number of hydrogen-bond donors (Lipinski definition) is 6. The van der Waals surface area contributed by atoms with Crippen LogP contribution in [0.2, 0.25) is 0 Å². The van der Waals surface area contributed by atoms with Gasteiger partial charge in [-0.05, 0) is 56.6 Å². The molecule has 0 bridgehead atoms. The number of β-amino-alcohol motifs (C(OH)–C–C–N with tert-alkyl or cyclic N) is 1. The molecule has 48 heavy (non-hydrogen) atoms. The molecule has 1 aliphatic heterocycles. The topological polar surface area (TPSA) is 191 Å². The van der Waals surface area contributed by atoms with Gasteiger partial charge < -0.3 is 36.2 Å². The van der Waals surface area contributed by atoms with Crippen LogP contribution < -0.4 is 10.6 Å². The van der Waals surface area contributed by atoms with Crippen LogP contribution in [0.1, 0.15) is 27.2 Å². The number of anilines is 1. The van der Waals surface area contributed by atoms with E-state index in [0.717, 1.165) is 42.5 Å². The number of thiophene rings is 1. The second kappa shape index (κ2) is 12.6. The smallest absolute Gasteiger partial charge is 0.255 e. The summed E-state index contributed by atoms with van der Waals surface area (Å²) in [7, 11) is 6.89. The van der Waals surface area contributed by atoms with Crippen molar-refractivity contribution in [2.24, 2.45) is 17.6 Å². The Balaban J connectivity index is 1.40. The molecule has 1 fully saturated rings. The number of carbonyl (C=O) groups is 3. The largest absolute Gasteiger partial charge is 0.510 e. The van der Waals surface area contributed by atoms with Gasteiger partial charge in [-0.25, -0.2) is 0 Å². The maximum absolute atomic E-state index is 14.4. The second-order valence-corrected chi connectivity index (χ2v) is 14.8. The number of piperazine rings is 1. The first kappa shape index (κ1) is 34.1. The number of phenolic OH excluding ortho intramolecular Hbond substituents is 1. The van der Waals surface area contributed by atoms with E-state index in [1.165, 1.54) is 16.2 Å². The van der Waals surface area contributed by atoms with Crippen molar-refractivity contribution in [2.75, 3.05) is 72.4 Å². The number of Topliss-reactive ketones (excluding diaryl/α,β-unsaturated/α-hetero) is 2. The maximum atomic E-state index is 14.4. The van der Waals surface area contributed by atoms with E-state index in [2.05, 4.69) is 9.80 Å². The number of benzene rings is 1. The molecule has 4 atom stereocenters. The van der Waals surface area contributed by atoms with E-state index in [1.807, 2.05) is 37.2 Å². The van der Waals surface area contributed by atoms with Gasteiger partial charge in [0.1, 0.15) is 22.8 Å².